The van der Waals surface area contributed by atoms with Crippen molar-refractivity contribution >= 4 is 11.9 Å². The third kappa shape index (κ3) is 4.46. The van der Waals surface area contributed by atoms with Crippen LogP contribution in [0.25, 0.3) is 0 Å². The first-order chi connectivity index (χ1) is 10.6. The van der Waals surface area contributed by atoms with Crippen molar-refractivity contribution in [1.29, 1.82) is 0 Å². The molecule has 0 unspecified atom stereocenters. The molecule has 0 aromatic heterocycles. The Morgan fingerprint density at radius 3 is 2.77 bits per heavy atom. The number of fused-ring (bicyclic) bond motifs is 1. The molecule has 6 heteroatoms. The third-order valence-corrected chi connectivity index (χ3v) is 3.68. The Morgan fingerprint density at radius 2 is 2.05 bits per heavy atom. The first-order valence-electron chi connectivity index (χ1n) is 7.48. The Hall–Kier alpha value is -2.08. The van der Waals surface area contributed by atoms with Gasteiger partial charge in [0.1, 0.15) is 0 Å². The van der Waals surface area contributed by atoms with Crippen LogP contribution in [-0.2, 0) is 22.5 Å². The van der Waals surface area contributed by atoms with Crippen LogP contribution in [0.5, 0.6) is 0 Å². The van der Waals surface area contributed by atoms with Gasteiger partial charge in [0.25, 0.3) is 0 Å². The van der Waals surface area contributed by atoms with Crippen LogP contribution in [0.2, 0.25) is 0 Å². The monoisotopic (exact) mass is 305 g/mol. The number of methoxy groups -OCH3 is 1. The Bertz CT molecular complexity index is 533. The minimum atomic E-state index is -0.352. The van der Waals surface area contributed by atoms with Crippen LogP contribution < -0.4 is 10.6 Å². The van der Waals surface area contributed by atoms with Gasteiger partial charge in [0.05, 0.1) is 19.2 Å². The summed E-state index contributed by atoms with van der Waals surface area (Å²) in [7, 11) is 1.58. The van der Waals surface area contributed by atoms with E-state index in [1.807, 2.05) is 25.1 Å². The molecule has 2 rings (SSSR count). The fourth-order valence-corrected chi connectivity index (χ4v) is 2.54. The van der Waals surface area contributed by atoms with Gasteiger partial charge in [-0.3, -0.25) is 4.79 Å². The maximum Gasteiger partial charge on any atom is 0.315 e. The van der Waals surface area contributed by atoms with Gasteiger partial charge in [-0.1, -0.05) is 24.3 Å². The molecule has 1 aromatic rings. The lowest BCUT2D eigenvalue weighted by Gasteiger charge is -2.29. The van der Waals surface area contributed by atoms with Crippen LogP contribution >= 0.6 is 0 Å². The number of urea groups is 1. The number of benzene rings is 1. The normalized spacial score (nSPS) is 14.9. The summed E-state index contributed by atoms with van der Waals surface area (Å²) < 4.78 is 4.94. The Balaban J connectivity index is 1.78. The second-order valence-electron chi connectivity index (χ2n) is 5.52. The van der Waals surface area contributed by atoms with Crippen LogP contribution in [0.1, 0.15) is 18.1 Å². The molecule has 0 aliphatic carbocycles. The zero-order chi connectivity index (χ0) is 15.9. The minimum Gasteiger partial charge on any atom is -0.383 e. The lowest BCUT2D eigenvalue weighted by atomic mass is 10.00. The van der Waals surface area contributed by atoms with Gasteiger partial charge in [-0.05, 0) is 24.5 Å². The van der Waals surface area contributed by atoms with E-state index in [1.54, 1.807) is 12.0 Å². The van der Waals surface area contributed by atoms with E-state index in [9.17, 15) is 9.59 Å². The number of hydrogen-bond donors (Lipinski definition) is 2. The standard InChI is InChI=1S/C16H23N3O3/c1-12(11-22-2)18-16(21)17-9-15(20)19-8-7-13-5-3-4-6-14(13)10-19/h3-6,12H,7-11H2,1-2H3,(H2,17,18,21)/t12-/m1/s1. The quantitative estimate of drug-likeness (QED) is 0.849. The molecule has 22 heavy (non-hydrogen) atoms. The highest BCUT2D eigenvalue weighted by molar-refractivity contribution is 5.84. The SMILES string of the molecule is COC[C@@H](C)NC(=O)NCC(=O)N1CCc2ccccc2C1. The fraction of sp³-hybridized carbons (Fsp3) is 0.500. The molecular weight excluding hydrogens is 282 g/mol. The van der Waals surface area contributed by atoms with E-state index in [0.29, 0.717) is 19.7 Å². The van der Waals surface area contributed by atoms with Crippen LogP contribution in [0.15, 0.2) is 24.3 Å². The number of carbonyl (C=O) groups is 2. The average Bonchev–Trinajstić information content (AvgIpc) is 2.52. The number of ether oxygens (including phenoxy) is 1. The van der Waals surface area contributed by atoms with Crippen molar-refractivity contribution in [3.05, 3.63) is 35.4 Å². The number of nitrogens with one attached hydrogen (secondary N) is 2. The summed E-state index contributed by atoms with van der Waals surface area (Å²) >= 11 is 0. The summed E-state index contributed by atoms with van der Waals surface area (Å²) in [4.78, 5) is 25.6. The van der Waals surface area contributed by atoms with Crippen molar-refractivity contribution in [3.63, 3.8) is 0 Å². The maximum absolute atomic E-state index is 12.2. The molecule has 2 N–H and O–H groups in total. The molecule has 0 fully saturated rings. The van der Waals surface area contributed by atoms with Gasteiger partial charge < -0.3 is 20.3 Å². The first kappa shape index (κ1) is 16.3. The summed E-state index contributed by atoms with van der Waals surface area (Å²) in [5.41, 5.74) is 2.48. The smallest absolute Gasteiger partial charge is 0.315 e. The predicted octanol–water partition coefficient (Wildman–Crippen LogP) is 0.905. The molecule has 1 aromatic carbocycles. The van der Waals surface area contributed by atoms with Gasteiger partial charge in [0, 0.05) is 20.2 Å². The van der Waals surface area contributed by atoms with E-state index < -0.39 is 0 Å². The Labute approximate surface area is 130 Å². The van der Waals surface area contributed by atoms with Crippen molar-refractivity contribution in [1.82, 2.24) is 15.5 Å². The lowest BCUT2D eigenvalue weighted by Crippen LogP contribution is -2.47. The van der Waals surface area contributed by atoms with E-state index in [2.05, 4.69) is 16.7 Å². The van der Waals surface area contributed by atoms with E-state index in [-0.39, 0.29) is 24.5 Å². The summed E-state index contributed by atoms with van der Waals surface area (Å²) in [6.07, 6.45) is 0.860. The van der Waals surface area contributed by atoms with Crippen molar-refractivity contribution in [2.75, 3.05) is 26.8 Å². The van der Waals surface area contributed by atoms with E-state index >= 15 is 0 Å². The van der Waals surface area contributed by atoms with Crippen molar-refractivity contribution in [3.8, 4) is 0 Å². The van der Waals surface area contributed by atoms with Crippen molar-refractivity contribution < 1.29 is 14.3 Å². The van der Waals surface area contributed by atoms with Gasteiger partial charge in [-0.2, -0.15) is 0 Å². The molecule has 120 valence electrons. The number of amides is 3. The van der Waals surface area contributed by atoms with Gasteiger partial charge >= 0.3 is 6.03 Å². The molecule has 1 aliphatic rings. The maximum atomic E-state index is 12.2. The Kier molecular flexibility index (Phi) is 5.77. The largest absolute Gasteiger partial charge is 0.383 e. The average molecular weight is 305 g/mol. The Morgan fingerprint density at radius 1 is 1.32 bits per heavy atom. The third-order valence-electron chi connectivity index (χ3n) is 3.68. The van der Waals surface area contributed by atoms with Crippen LogP contribution in [0.3, 0.4) is 0 Å². The van der Waals surface area contributed by atoms with Gasteiger partial charge in [0.2, 0.25) is 5.91 Å². The summed E-state index contributed by atoms with van der Waals surface area (Å²) in [5, 5.41) is 5.31. The molecule has 0 bridgehead atoms. The molecule has 6 nitrogen and oxygen atoms in total. The topological polar surface area (TPSA) is 70.7 Å². The molecule has 1 heterocycles. The van der Waals surface area contributed by atoms with Crippen LogP contribution in [-0.4, -0.2) is 49.7 Å². The molecule has 1 atom stereocenters. The summed E-state index contributed by atoms with van der Waals surface area (Å²) in [6.45, 7) is 3.59. The molecular formula is C16H23N3O3. The van der Waals surface area contributed by atoms with Gasteiger partial charge in [-0.25, -0.2) is 4.79 Å². The lowest BCUT2D eigenvalue weighted by molar-refractivity contribution is -0.131. The number of hydrogen-bond acceptors (Lipinski definition) is 3. The van der Waals surface area contributed by atoms with Gasteiger partial charge in [0.15, 0.2) is 0 Å². The highest BCUT2D eigenvalue weighted by atomic mass is 16.5. The highest BCUT2D eigenvalue weighted by Gasteiger charge is 2.20. The number of nitrogens with zero attached hydrogens (tertiary/aromatic N) is 1. The fourth-order valence-electron chi connectivity index (χ4n) is 2.54. The van der Waals surface area contributed by atoms with Crippen LogP contribution in [0, 0.1) is 0 Å². The van der Waals surface area contributed by atoms with E-state index in [1.165, 1.54) is 11.1 Å². The van der Waals surface area contributed by atoms with E-state index in [4.69, 9.17) is 4.74 Å². The van der Waals surface area contributed by atoms with E-state index in [0.717, 1.165) is 6.42 Å². The molecule has 0 radical (unpaired) electrons. The molecule has 0 saturated heterocycles. The zero-order valence-corrected chi connectivity index (χ0v) is 13.1. The predicted molar refractivity (Wildman–Crippen MR) is 83.4 cm³/mol. The number of carbonyl (C=O) groups excluding carboxylic acids is 2. The first-order valence-corrected chi connectivity index (χ1v) is 7.48. The molecule has 3 amide bonds. The van der Waals surface area contributed by atoms with Crippen molar-refractivity contribution in [2.45, 2.75) is 25.9 Å². The molecule has 0 saturated carbocycles. The minimum absolute atomic E-state index is 0.00764. The number of rotatable bonds is 5. The molecule has 1 aliphatic heterocycles. The molecule has 0 spiro atoms. The zero-order valence-electron chi connectivity index (χ0n) is 13.1. The van der Waals surface area contributed by atoms with Gasteiger partial charge in [-0.15, -0.1) is 0 Å². The van der Waals surface area contributed by atoms with Crippen LogP contribution in [0.4, 0.5) is 4.79 Å². The highest BCUT2D eigenvalue weighted by Crippen LogP contribution is 2.18. The second-order valence-corrected chi connectivity index (χ2v) is 5.52. The summed E-state index contributed by atoms with van der Waals surface area (Å²) in [6, 6.07) is 7.69. The van der Waals surface area contributed by atoms with Crippen molar-refractivity contribution in [2.24, 2.45) is 0 Å². The second kappa shape index (κ2) is 7.79. The summed E-state index contributed by atoms with van der Waals surface area (Å²) in [5.74, 6) is -0.0657.